The van der Waals surface area contributed by atoms with Crippen molar-refractivity contribution >= 4 is 21.9 Å². The molecule has 5 rings (SSSR count). The van der Waals surface area contributed by atoms with Crippen molar-refractivity contribution in [1.82, 2.24) is 20.2 Å². The molecule has 10 heteroatoms. The number of ether oxygens (including phenoxy) is 2. The molecule has 0 radical (unpaired) electrons. The topological polar surface area (TPSA) is 100 Å². The van der Waals surface area contributed by atoms with Gasteiger partial charge in [-0.2, -0.15) is 4.98 Å². The molecule has 184 valence electrons. The largest absolute Gasteiger partial charge is 0.478 e. The number of methoxy groups -OCH3 is 1. The lowest BCUT2D eigenvalue weighted by Gasteiger charge is -2.13. The molecule has 8 nitrogen and oxygen atoms in total. The van der Waals surface area contributed by atoms with Gasteiger partial charge in [-0.3, -0.25) is 0 Å². The van der Waals surface area contributed by atoms with Crippen LogP contribution in [0.25, 0.3) is 23.0 Å². The first-order chi connectivity index (χ1) is 18.0. The molecule has 0 aliphatic heterocycles. The van der Waals surface area contributed by atoms with Crippen LogP contribution in [-0.2, 0) is 6.42 Å². The predicted molar refractivity (Wildman–Crippen MR) is 136 cm³/mol. The Kier molecular flexibility index (Phi) is 7.00. The average Bonchev–Trinajstić information content (AvgIpc) is 3.39. The molecule has 0 amide bonds. The summed E-state index contributed by atoms with van der Waals surface area (Å²) in [7, 11) is 1.41. The fourth-order valence-electron chi connectivity index (χ4n) is 3.46. The number of benzene rings is 3. The van der Waals surface area contributed by atoms with Gasteiger partial charge in [0.05, 0.1) is 19.1 Å². The van der Waals surface area contributed by atoms with Crippen LogP contribution in [0.1, 0.15) is 21.8 Å². The third-order valence-corrected chi connectivity index (χ3v) is 5.80. The smallest absolute Gasteiger partial charge is 0.343 e. The lowest BCUT2D eigenvalue weighted by molar-refractivity contribution is 0.0728. The number of carbonyl (C=O) groups excluding carboxylic acids is 1. The highest BCUT2D eigenvalue weighted by molar-refractivity contribution is 9.10. The highest BCUT2D eigenvalue weighted by atomic mass is 79.9. The Balaban J connectivity index is 1.58. The number of rotatable bonds is 7. The minimum Gasteiger partial charge on any atom is -0.478 e. The molecule has 2 aromatic heterocycles. The third-order valence-electron chi connectivity index (χ3n) is 5.27. The number of nitrogens with zero attached hydrogens (tertiary/aromatic N) is 4. The molecule has 0 atom stereocenters. The molecule has 37 heavy (non-hydrogen) atoms. The second-order valence-electron chi connectivity index (χ2n) is 7.80. The van der Waals surface area contributed by atoms with Crippen molar-refractivity contribution in [1.29, 1.82) is 0 Å². The number of carbonyl (C=O) groups is 1. The van der Waals surface area contributed by atoms with Crippen molar-refractivity contribution in [2.24, 2.45) is 0 Å². The van der Waals surface area contributed by atoms with Gasteiger partial charge < -0.3 is 13.9 Å². The summed E-state index contributed by atoms with van der Waals surface area (Å²) < 4.78 is 31.2. The maximum Gasteiger partial charge on any atom is 0.343 e. The van der Waals surface area contributed by atoms with Crippen LogP contribution in [0.4, 0.5) is 4.39 Å². The van der Waals surface area contributed by atoms with E-state index < -0.39 is 5.97 Å². The summed E-state index contributed by atoms with van der Waals surface area (Å²) in [6, 6.07) is 21.8. The lowest BCUT2D eigenvalue weighted by Crippen LogP contribution is -2.12. The van der Waals surface area contributed by atoms with Crippen molar-refractivity contribution in [2.45, 2.75) is 6.42 Å². The molecule has 3 aromatic carbocycles. The third kappa shape index (κ3) is 5.54. The highest BCUT2D eigenvalue weighted by Gasteiger charge is 2.26. The monoisotopic (exact) mass is 560 g/mol. The lowest BCUT2D eigenvalue weighted by atomic mass is 10.1. The van der Waals surface area contributed by atoms with E-state index in [2.05, 4.69) is 36.1 Å². The molecule has 2 heterocycles. The second-order valence-corrected chi connectivity index (χ2v) is 8.72. The number of esters is 1. The van der Waals surface area contributed by atoms with Crippen LogP contribution in [0, 0.1) is 5.82 Å². The van der Waals surface area contributed by atoms with Crippen LogP contribution in [0.2, 0.25) is 0 Å². The van der Waals surface area contributed by atoms with Crippen molar-refractivity contribution < 1.29 is 23.1 Å². The second kappa shape index (κ2) is 10.7. The van der Waals surface area contributed by atoms with E-state index in [0.29, 0.717) is 17.0 Å². The quantitative estimate of drug-likeness (QED) is 0.226. The van der Waals surface area contributed by atoms with Crippen LogP contribution in [0.15, 0.2) is 87.8 Å². The molecule has 0 spiro atoms. The van der Waals surface area contributed by atoms with E-state index in [-0.39, 0.29) is 41.3 Å². The first-order valence-electron chi connectivity index (χ1n) is 11.1. The fraction of sp³-hybridized carbons (Fsp3) is 0.0741. The van der Waals surface area contributed by atoms with Gasteiger partial charge in [-0.1, -0.05) is 58.4 Å². The van der Waals surface area contributed by atoms with Crippen LogP contribution in [-0.4, -0.2) is 33.2 Å². The van der Waals surface area contributed by atoms with E-state index in [9.17, 15) is 9.18 Å². The number of aromatic nitrogens is 4. The van der Waals surface area contributed by atoms with E-state index in [4.69, 9.17) is 13.9 Å². The Morgan fingerprint density at radius 3 is 2.38 bits per heavy atom. The first kappa shape index (κ1) is 24.3. The predicted octanol–water partition coefficient (Wildman–Crippen LogP) is 5.91. The van der Waals surface area contributed by atoms with E-state index in [0.717, 1.165) is 10.0 Å². The number of hydrogen-bond acceptors (Lipinski definition) is 8. The van der Waals surface area contributed by atoms with Gasteiger partial charge in [0.15, 0.2) is 11.5 Å². The Bertz CT molecular complexity index is 1540. The average molecular weight is 561 g/mol. The van der Waals surface area contributed by atoms with Gasteiger partial charge in [0, 0.05) is 10.0 Å². The molecule has 5 aromatic rings. The zero-order valence-electron chi connectivity index (χ0n) is 19.4. The van der Waals surface area contributed by atoms with Crippen LogP contribution >= 0.6 is 15.9 Å². The molecular weight excluding hydrogens is 543 g/mol. The van der Waals surface area contributed by atoms with E-state index in [1.165, 1.54) is 19.2 Å². The van der Waals surface area contributed by atoms with Gasteiger partial charge in [-0.15, -0.1) is 10.2 Å². The molecule has 0 aliphatic rings. The highest BCUT2D eigenvalue weighted by Crippen LogP contribution is 2.37. The minimum atomic E-state index is -0.633. The van der Waals surface area contributed by atoms with Crippen molar-refractivity contribution in [3.8, 4) is 34.6 Å². The summed E-state index contributed by atoms with van der Waals surface area (Å²) in [4.78, 5) is 22.0. The Labute approximate surface area is 219 Å². The summed E-state index contributed by atoms with van der Waals surface area (Å²) in [5, 5.41) is 8.23. The summed E-state index contributed by atoms with van der Waals surface area (Å²) in [5.74, 6) is -0.437. The van der Waals surface area contributed by atoms with Crippen molar-refractivity contribution in [3.05, 3.63) is 106 Å². The van der Waals surface area contributed by atoms with Crippen molar-refractivity contribution in [3.63, 3.8) is 0 Å². The molecular formula is C27H18BrFN4O4. The molecule has 0 saturated heterocycles. The van der Waals surface area contributed by atoms with Crippen molar-refractivity contribution in [2.75, 3.05) is 7.11 Å². The van der Waals surface area contributed by atoms with Crippen LogP contribution < -0.4 is 9.47 Å². The molecule has 0 aliphatic carbocycles. The molecule has 0 saturated carbocycles. The van der Waals surface area contributed by atoms with E-state index >= 15 is 0 Å². The molecule has 0 N–H and O–H groups in total. The van der Waals surface area contributed by atoms with Gasteiger partial charge in [0.25, 0.3) is 11.8 Å². The van der Waals surface area contributed by atoms with E-state index in [1.54, 1.807) is 42.5 Å². The maximum atomic E-state index is 13.3. The zero-order chi connectivity index (χ0) is 25.8. The Morgan fingerprint density at radius 1 is 0.946 bits per heavy atom. The maximum absolute atomic E-state index is 13.3. The summed E-state index contributed by atoms with van der Waals surface area (Å²) >= 11 is 3.42. The van der Waals surface area contributed by atoms with Gasteiger partial charge in [-0.05, 0) is 42.0 Å². The summed E-state index contributed by atoms with van der Waals surface area (Å²) in [6.45, 7) is 0. The zero-order valence-corrected chi connectivity index (χ0v) is 21.0. The fourth-order valence-corrected chi connectivity index (χ4v) is 3.72. The van der Waals surface area contributed by atoms with E-state index in [1.807, 2.05) is 24.3 Å². The summed E-state index contributed by atoms with van der Waals surface area (Å²) in [6.07, 6.45) is 0.272. The summed E-state index contributed by atoms with van der Waals surface area (Å²) in [5.41, 5.74) is 1.89. The Hall–Kier alpha value is -4.44. The van der Waals surface area contributed by atoms with Gasteiger partial charge in [0.2, 0.25) is 11.6 Å². The Morgan fingerprint density at radius 2 is 1.68 bits per heavy atom. The van der Waals surface area contributed by atoms with Crippen LogP contribution in [0.3, 0.4) is 0 Å². The number of halogens is 2. The van der Waals surface area contributed by atoms with Gasteiger partial charge in [-0.25, -0.2) is 14.2 Å². The molecule has 0 bridgehead atoms. The SMILES string of the molecule is COc1nc(-c2ccc(Br)cc2)nc(-c2nnc(Cc3ccc(F)cc3)o2)c1OC(=O)c1ccccc1. The van der Waals surface area contributed by atoms with Crippen LogP contribution in [0.5, 0.6) is 11.6 Å². The van der Waals surface area contributed by atoms with Gasteiger partial charge >= 0.3 is 5.97 Å². The molecule has 0 unspecified atom stereocenters. The standard InChI is InChI=1S/C27H18BrFN4O4/c1-35-26-23(37-27(34)18-5-3-2-4-6-18)22(30-24(31-26)17-9-11-19(28)12-10-17)25-33-32-21(36-25)15-16-7-13-20(29)14-8-16/h2-14H,15H2,1H3. The van der Waals surface area contributed by atoms with Gasteiger partial charge in [0.1, 0.15) is 5.82 Å². The first-order valence-corrected chi connectivity index (χ1v) is 11.9. The normalized spacial score (nSPS) is 10.8. The molecule has 0 fully saturated rings. The minimum absolute atomic E-state index is 0.00651. The number of hydrogen-bond donors (Lipinski definition) is 0.